The molecule has 0 aliphatic carbocycles. The second kappa shape index (κ2) is 9.68. The molecule has 1 aliphatic heterocycles. The second-order valence-electron chi connectivity index (χ2n) is 6.26. The van der Waals surface area contributed by atoms with Crippen molar-refractivity contribution < 1.29 is 14.3 Å². The number of hydrogen-bond acceptors (Lipinski definition) is 4. The zero-order chi connectivity index (χ0) is 16.5. The van der Waals surface area contributed by atoms with Crippen LogP contribution in [0.1, 0.15) is 43.5 Å². The van der Waals surface area contributed by atoms with Crippen molar-refractivity contribution in [2.75, 3.05) is 39.5 Å². The number of carbonyl (C=O) groups excluding carboxylic acids is 1. The second-order valence-corrected chi connectivity index (χ2v) is 6.26. The molecule has 1 heterocycles. The van der Waals surface area contributed by atoms with Gasteiger partial charge in [0.15, 0.2) is 5.78 Å². The third-order valence-corrected chi connectivity index (χ3v) is 4.42. The van der Waals surface area contributed by atoms with Crippen LogP contribution in [0.5, 0.6) is 5.75 Å². The first-order chi connectivity index (χ1) is 11.2. The van der Waals surface area contributed by atoms with E-state index in [0.717, 1.165) is 19.1 Å². The number of Topliss-reactive ketones (excluding diaryl/α,β-unsaturated/α-hetero) is 1. The highest BCUT2D eigenvalue weighted by Crippen LogP contribution is 2.19. The van der Waals surface area contributed by atoms with E-state index in [-0.39, 0.29) is 5.78 Å². The van der Waals surface area contributed by atoms with E-state index < -0.39 is 0 Å². The predicted molar refractivity (Wildman–Crippen MR) is 92.2 cm³/mol. The van der Waals surface area contributed by atoms with E-state index in [1.807, 2.05) is 31.2 Å². The number of nitrogens with zero attached hydrogens (tertiary/aromatic N) is 1. The smallest absolute Gasteiger partial charge is 0.166 e. The lowest BCUT2D eigenvalue weighted by Crippen LogP contribution is -2.35. The molecule has 0 unspecified atom stereocenters. The van der Waals surface area contributed by atoms with E-state index in [0.29, 0.717) is 30.9 Å². The minimum absolute atomic E-state index is 0.112. The number of piperidine rings is 1. The molecule has 0 N–H and O–H groups in total. The normalized spacial score (nSPS) is 16.4. The van der Waals surface area contributed by atoms with Crippen molar-refractivity contribution in [3.63, 3.8) is 0 Å². The Balaban J connectivity index is 1.61. The summed E-state index contributed by atoms with van der Waals surface area (Å²) in [6.45, 7) is 9.34. The molecule has 0 saturated carbocycles. The Morgan fingerprint density at radius 2 is 1.91 bits per heavy atom. The first-order valence-electron chi connectivity index (χ1n) is 8.75. The quantitative estimate of drug-likeness (QED) is 0.516. The van der Waals surface area contributed by atoms with Gasteiger partial charge in [-0.05, 0) is 44.0 Å². The molecule has 0 amide bonds. The van der Waals surface area contributed by atoms with Crippen LogP contribution >= 0.6 is 0 Å². The van der Waals surface area contributed by atoms with E-state index >= 15 is 0 Å². The fraction of sp³-hybridized carbons (Fsp3) is 0.632. The van der Waals surface area contributed by atoms with Crippen molar-refractivity contribution in [2.45, 2.75) is 33.1 Å². The molecule has 0 atom stereocenters. The SMILES string of the molecule is CCC(=O)c1ccccc1OCCOCCN1CCC(C)CC1. The summed E-state index contributed by atoms with van der Waals surface area (Å²) in [7, 11) is 0. The summed E-state index contributed by atoms with van der Waals surface area (Å²) < 4.78 is 11.4. The number of benzene rings is 1. The Hall–Kier alpha value is -1.39. The first-order valence-corrected chi connectivity index (χ1v) is 8.75. The molecule has 1 fully saturated rings. The lowest BCUT2D eigenvalue weighted by Gasteiger charge is -2.29. The van der Waals surface area contributed by atoms with Crippen LogP contribution in [-0.2, 0) is 4.74 Å². The third kappa shape index (κ3) is 5.96. The van der Waals surface area contributed by atoms with Gasteiger partial charge in [-0.25, -0.2) is 0 Å². The van der Waals surface area contributed by atoms with Gasteiger partial charge in [0.25, 0.3) is 0 Å². The number of carbonyl (C=O) groups is 1. The molecule has 1 aromatic rings. The van der Waals surface area contributed by atoms with Gasteiger partial charge in [0, 0.05) is 13.0 Å². The van der Waals surface area contributed by atoms with Crippen LogP contribution in [0.25, 0.3) is 0 Å². The average Bonchev–Trinajstić information content (AvgIpc) is 2.59. The van der Waals surface area contributed by atoms with Crippen LogP contribution < -0.4 is 4.74 Å². The third-order valence-electron chi connectivity index (χ3n) is 4.42. The molecule has 4 nitrogen and oxygen atoms in total. The lowest BCUT2D eigenvalue weighted by atomic mass is 9.99. The Kier molecular flexibility index (Phi) is 7.56. The largest absolute Gasteiger partial charge is 0.490 e. The number of ketones is 1. The minimum atomic E-state index is 0.112. The lowest BCUT2D eigenvalue weighted by molar-refractivity contribution is 0.0704. The van der Waals surface area contributed by atoms with Gasteiger partial charge >= 0.3 is 0 Å². The van der Waals surface area contributed by atoms with Gasteiger partial charge in [-0.3, -0.25) is 4.79 Å². The predicted octanol–water partition coefficient (Wildman–Crippen LogP) is 3.41. The number of likely N-dealkylation sites (tertiary alicyclic amines) is 1. The number of rotatable bonds is 9. The first kappa shape index (κ1) is 18.0. The zero-order valence-electron chi connectivity index (χ0n) is 14.4. The molecular weight excluding hydrogens is 290 g/mol. The molecule has 4 heteroatoms. The zero-order valence-corrected chi connectivity index (χ0v) is 14.4. The van der Waals surface area contributed by atoms with Gasteiger partial charge in [0.05, 0.1) is 18.8 Å². The topological polar surface area (TPSA) is 38.8 Å². The van der Waals surface area contributed by atoms with Crippen LogP contribution in [0.3, 0.4) is 0 Å². The standard InChI is InChI=1S/C19H29NO3/c1-3-18(21)17-6-4-5-7-19(17)23-15-14-22-13-12-20-10-8-16(2)9-11-20/h4-7,16H,3,8-15H2,1-2H3. The molecule has 0 aromatic heterocycles. The highest BCUT2D eigenvalue weighted by Gasteiger charge is 2.15. The van der Waals surface area contributed by atoms with E-state index in [2.05, 4.69) is 11.8 Å². The summed E-state index contributed by atoms with van der Waals surface area (Å²) in [5.74, 6) is 1.64. The fourth-order valence-electron chi connectivity index (χ4n) is 2.81. The molecule has 1 saturated heterocycles. The number of hydrogen-bond donors (Lipinski definition) is 0. The van der Waals surface area contributed by atoms with Crippen LogP contribution in [-0.4, -0.2) is 50.1 Å². The minimum Gasteiger partial charge on any atom is -0.490 e. The Morgan fingerprint density at radius 3 is 2.65 bits per heavy atom. The summed E-state index contributed by atoms with van der Waals surface area (Å²) in [6, 6.07) is 7.42. The van der Waals surface area contributed by atoms with Crippen LogP contribution in [0, 0.1) is 5.92 Å². The Labute approximate surface area is 139 Å². The van der Waals surface area contributed by atoms with Crippen LogP contribution in [0.4, 0.5) is 0 Å². The molecule has 1 aliphatic rings. The van der Waals surface area contributed by atoms with Crippen molar-refractivity contribution >= 4 is 5.78 Å². The molecule has 0 bridgehead atoms. The maximum atomic E-state index is 11.9. The monoisotopic (exact) mass is 319 g/mol. The summed E-state index contributed by atoms with van der Waals surface area (Å²) in [4.78, 5) is 14.3. The fourth-order valence-corrected chi connectivity index (χ4v) is 2.81. The molecule has 23 heavy (non-hydrogen) atoms. The number of para-hydroxylation sites is 1. The van der Waals surface area contributed by atoms with Crippen LogP contribution in [0.15, 0.2) is 24.3 Å². The molecule has 128 valence electrons. The summed E-state index contributed by atoms with van der Waals surface area (Å²) in [6.07, 6.45) is 3.09. The summed E-state index contributed by atoms with van der Waals surface area (Å²) >= 11 is 0. The highest BCUT2D eigenvalue weighted by atomic mass is 16.5. The maximum Gasteiger partial charge on any atom is 0.166 e. The van der Waals surface area contributed by atoms with Crippen molar-refractivity contribution in [3.05, 3.63) is 29.8 Å². The molecular formula is C19H29NO3. The van der Waals surface area contributed by atoms with Gasteiger partial charge in [-0.2, -0.15) is 0 Å². The van der Waals surface area contributed by atoms with E-state index in [9.17, 15) is 4.79 Å². The average molecular weight is 319 g/mol. The van der Waals surface area contributed by atoms with Gasteiger partial charge in [-0.1, -0.05) is 26.0 Å². The highest BCUT2D eigenvalue weighted by molar-refractivity contribution is 5.98. The molecule has 2 rings (SSSR count). The van der Waals surface area contributed by atoms with Crippen LogP contribution in [0.2, 0.25) is 0 Å². The van der Waals surface area contributed by atoms with Gasteiger partial charge in [-0.15, -0.1) is 0 Å². The van der Waals surface area contributed by atoms with Crippen molar-refractivity contribution in [2.24, 2.45) is 5.92 Å². The van der Waals surface area contributed by atoms with Crippen molar-refractivity contribution in [1.82, 2.24) is 4.90 Å². The van der Waals surface area contributed by atoms with E-state index in [4.69, 9.17) is 9.47 Å². The summed E-state index contributed by atoms with van der Waals surface area (Å²) in [5.41, 5.74) is 0.664. The van der Waals surface area contributed by atoms with Gasteiger partial charge in [0.2, 0.25) is 0 Å². The van der Waals surface area contributed by atoms with Crippen molar-refractivity contribution in [1.29, 1.82) is 0 Å². The Morgan fingerprint density at radius 1 is 1.17 bits per heavy atom. The van der Waals surface area contributed by atoms with E-state index in [1.54, 1.807) is 0 Å². The van der Waals surface area contributed by atoms with Crippen molar-refractivity contribution in [3.8, 4) is 5.75 Å². The molecule has 1 aromatic carbocycles. The maximum absolute atomic E-state index is 11.9. The summed E-state index contributed by atoms with van der Waals surface area (Å²) in [5, 5.41) is 0. The Bertz CT molecular complexity index is 481. The van der Waals surface area contributed by atoms with Gasteiger partial charge in [0.1, 0.15) is 12.4 Å². The van der Waals surface area contributed by atoms with E-state index in [1.165, 1.54) is 25.9 Å². The van der Waals surface area contributed by atoms with Gasteiger partial charge < -0.3 is 14.4 Å². The number of ether oxygens (including phenoxy) is 2. The molecule has 0 radical (unpaired) electrons. The molecule has 0 spiro atoms.